The van der Waals surface area contributed by atoms with Crippen LogP contribution in [0.4, 0.5) is 4.39 Å². The minimum Gasteiger partial charge on any atom is -0.480 e. The zero-order valence-electron chi connectivity index (χ0n) is 11.1. The van der Waals surface area contributed by atoms with E-state index in [-0.39, 0.29) is 18.3 Å². The van der Waals surface area contributed by atoms with Crippen LogP contribution in [0.2, 0.25) is 0 Å². The molecule has 0 amide bonds. The lowest BCUT2D eigenvalue weighted by Crippen LogP contribution is -2.40. The normalized spacial score (nSPS) is 14.4. The summed E-state index contributed by atoms with van der Waals surface area (Å²) in [6, 6.07) is 4.82. The van der Waals surface area contributed by atoms with Crippen molar-refractivity contribution in [1.29, 1.82) is 0 Å². The SMILES string of the molecule is CC(C)CC(NCC(O)c1ccc(F)cc1)C(=O)O. The summed E-state index contributed by atoms with van der Waals surface area (Å²) < 4.78 is 12.7. The first-order valence-electron chi connectivity index (χ1n) is 6.30. The third-order valence-electron chi connectivity index (χ3n) is 2.82. The third kappa shape index (κ3) is 5.36. The predicted molar refractivity (Wildman–Crippen MR) is 70.2 cm³/mol. The van der Waals surface area contributed by atoms with Crippen molar-refractivity contribution in [2.45, 2.75) is 32.4 Å². The molecule has 4 nitrogen and oxygen atoms in total. The van der Waals surface area contributed by atoms with Crippen molar-refractivity contribution >= 4 is 5.97 Å². The molecule has 1 rings (SSSR count). The molecule has 3 N–H and O–H groups in total. The van der Waals surface area contributed by atoms with E-state index in [1.54, 1.807) is 0 Å². The highest BCUT2D eigenvalue weighted by atomic mass is 19.1. The number of hydrogen-bond donors (Lipinski definition) is 3. The van der Waals surface area contributed by atoms with Crippen LogP contribution in [-0.2, 0) is 4.79 Å². The maximum Gasteiger partial charge on any atom is 0.320 e. The van der Waals surface area contributed by atoms with E-state index in [2.05, 4.69) is 5.32 Å². The van der Waals surface area contributed by atoms with Gasteiger partial charge in [-0.05, 0) is 30.0 Å². The first kappa shape index (κ1) is 15.6. The standard InChI is InChI=1S/C14H20FNO3/c1-9(2)7-12(14(18)19)16-8-13(17)10-3-5-11(15)6-4-10/h3-6,9,12-13,16-17H,7-8H2,1-2H3,(H,18,19). The number of aliphatic hydroxyl groups excluding tert-OH is 1. The van der Waals surface area contributed by atoms with E-state index in [9.17, 15) is 14.3 Å². The van der Waals surface area contributed by atoms with Crippen LogP contribution >= 0.6 is 0 Å². The summed E-state index contributed by atoms with van der Waals surface area (Å²) in [5.74, 6) is -1.05. The van der Waals surface area contributed by atoms with Crippen molar-refractivity contribution < 1.29 is 19.4 Å². The second kappa shape index (κ2) is 7.21. The summed E-state index contributed by atoms with van der Waals surface area (Å²) >= 11 is 0. The Labute approximate surface area is 112 Å². The predicted octanol–water partition coefficient (Wildman–Crippen LogP) is 1.95. The summed E-state index contributed by atoms with van der Waals surface area (Å²) in [7, 11) is 0. The molecule has 0 aliphatic rings. The Morgan fingerprint density at radius 1 is 1.32 bits per heavy atom. The molecule has 0 heterocycles. The quantitative estimate of drug-likeness (QED) is 0.707. The molecule has 0 fully saturated rings. The minimum atomic E-state index is -0.931. The lowest BCUT2D eigenvalue weighted by Gasteiger charge is -2.19. The van der Waals surface area contributed by atoms with Gasteiger partial charge in [0.1, 0.15) is 11.9 Å². The van der Waals surface area contributed by atoms with E-state index in [4.69, 9.17) is 5.11 Å². The molecule has 0 saturated carbocycles. The topological polar surface area (TPSA) is 69.6 Å². The van der Waals surface area contributed by atoms with Crippen LogP contribution in [0.5, 0.6) is 0 Å². The first-order chi connectivity index (χ1) is 8.90. The Morgan fingerprint density at radius 2 is 1.89 bits per heavy atom. The number of carboxylic acids is 1. The number of halogens is 1. The Hall–Kier alpha value is -1.46. The van der Waals surface area contributed by atoms with Gasteiger partial charge in [-0.25, -0.2) is 4.39 Å². The molecular weight excluding hydrogens is 249 g/mol. The van der Waals surface area contributed by atoms with Gasteiger partial charge in [0.25, 0.3) is 0 Å². The summed E-state index contributed by atoms with van der Waals surface area (Å²) in [5, 5.41) is 21.8. The van der Waals surface area contributed by atoms with Crippen molar-refractivity contribution in [3.63, 3.8) is 0 Å². The number of hydrogen-bond acceptors (Lipinski definition) is 3. The molecule has 19 heavy (non-hydrogen) atoms. The Kier molecular flexibility index (Phi) is 5.92. The largest absolute Gasteiger partial charge is 0.480 e. The van der Waals surface area contributed by atoms with Crippen LogP contribution in [0, 0.1) is 11.7 Å². The lowest BCUT2D eigenvalue weighted by molar-refractivity contribution is -0.140. The zero-order valence-corrected chi connectivity index (χ0v) is 11.1. The number of carboxylic acid groups (broad SMARTS) is 1. The van der Waals surface area contributed by atoms with Crippen LogP contribution < -0.4 is 5.32 Å². The highest BCUT2D eigenvalue weighted by Gasteiger charge is 2.19. The fraction of sp³-hybridized carbons (Fsp3) is 0.500. The van der Waals surface area contributed by atoms with Crippen molar-refractivity contribution in [3.8, 4) is 0 Å². The van der Waals surface area contributed by atoms with Crippen LogP contribution in [0.3, 0.4) is 0 Å². The van der Waals surface area contributed by atoms with Crippen LogP contribution in [0.15, 0.2) is 24.3 Å². The summed E-state index contributed by atoms with van der Waals surface area (Å²) in [6.45, 7) is 4.00. The molecule has 0 aliphatic carbocycles. The molecule has 106 valence electrons. The fourth-order valence-corrected chi connectivity index (χ4v) is 1.80. The number of carbonyl (C=O) groups is 1. The number of rotatable bonds is 7. The molecule has 0 radical (unpaired) electrons. The first-order valence-corrected chi connectivity index (χ1v) is 6.30. The molecule has 1 aromatic rings. The van der Waals surface area contributed by atoms with Gasteiger partial charge < -0.3 is 15.5 Å². The molecule has 2 unspecified atom stereocenters. The Balaban J connectivity index is 2.54. The van der Waals surface area contributed by atoms with Crippen molar-refractivity contribution in [2.75, 3.05) is 6.54 Å². The smallest absolute Gasteiger partial charge is 0.320 e. The van der Waals surface area contributed by atoms with E-state index >= 15 is 0 Å². The number of aliphatic hydroxyl groups is 1. The molecule has 0 aromatic heterocycles. The van der Waals surface area contributed by atoms with Crippen molar-refractivity contribution in [3.05, 3.63) is 35.6 Å². The van der Waals surface area contributed by atoms with E-state index in [0.29, 0.717) is 12.0 Å². The maximum atomic E-state index is 12.7. The van der Waals surface area contributed by atoms with E-state index in [1.807, 2.05) is 13.8 Å². The molecule has 0 saturated heterocycles. The summed E-state index contributed by atoms with van der Waals surface area (Å²) in [6.07, 6.45) is -0.361. The number of nitrogens with one attached hydrogen (secondary N) is 1. The van der Waals surface area contributed by atoms with Crippen molar-refractivity contribution in [1.82, 2.24) is 5.32 Å². The Bertz CT molecular complexity index is 406. The number of benzene rings is 1. The van der Waals surface area contributed by atoms with E-state index in [1.165, 1.54) is 24.3 Å². The van der Waals surface area contributed by atoms with Gasteiger partial charge in [-0.3, -0.25) is 4.79 Å². The van der Waals surface area contributed by atoms with Crippen LogP contribution in [0.25, 0.3) is 0 Å². The number of aliphatic carboxylic acids is 1. The maximum absolute atomic E-state index is 12.7. The molecular formula is C14H20FNO3. The van der Waals surface area contributed by atoms with Gasteiger partial charge in [0, 0.05) is 6.54 Å². The van der Waals surface area contributed by atoms with Gasteiger partial charge in [0.2, 0.25) is 0 Å². The molecule has 0 spiro atoms. The monoisotopic (exact) mass is 269 g/mol. The van der Waals surface area contributed by atoms with Gasteiger partial charge in [-0.2, -0.15) is 0 Å². The highest BCUT2D eigenvalue weighted by molar-refractivity contribution is 5.73. The molecule has 0 bridgehead atoms. The summed E-state index contributed by atoms with van der Waals surface area (Å²) in [4.78, 5) is 11.0. The van der Waals surface area contributed by atoms with Crippen LogP contribution in [-0.4, -0.2) is 28.8 Å². The van der Waals surface area contributed by atoms with Crippen molar-refractivity contribution in [2.24, 2.45) is 5.92 Å². The zero-order chi connectivity index (χ0) is 14.4. The second-order valence-corrected chi connectivity index (χ2v) is 5.00. The van der Waals surface area contributed by atoms with Gasteiger partial charge in [0.15, 0.2) is 0 Å². The van der Waals surface area contributed by atoms with Gasteiger partial charge in [-0.1, -0.05) is 26.0 Å². The summed E-state index contributed by atoms with van der Waals surface area (Å²) in [5.41, 5.74) is 0.558. The lowest BCUT2D eigenvalue weighted by atomic mass is 10.0. The van der Waals surface area contributed by atoms with Crippen LogP contribution in [0.1, 0.15) is 31.9 Å². The second-order valence-electron chi connectivity index (χ2n) is 5.00. The van der Waals surface area contributed by atoms with Gasteiger partial charge in [0.05, 0.1) is 6.10 Å². The molecule has 5 heteroatoms. The third-order valence-corrected chi connectivity index (χ3v) is 2.82. The van der Waals surface area contributed by atoms with E-state index in [0.717, 1.165) is 0 Å². The van der Waals surface area contributed by atoms with Gasteiger partial charge >= 0.3 is 5.97 Å². The minimum absolute atomic E-state index is 0.120. The van der Waals surface area contributed by atoms with E-state index < -0.39 is 18.1 Å². The molecule has 2 atom stereocenters. The highest BCUT2D eigenvalue weighted by Crippen LogP contribution is 2.13. The van der Waals surface area contributed by atoms with Gasteiger partial charge in [-0.15, -0.1) is 0 Å². The molecule has 1 aromatic carbocycles. The average molecular weight is 269 g/mol. The Morgan fingerprint density at radius 3 is 2.37 bits per heavy atom. The average Bonchev–Trinajstić information content (AvgIpc) is 2.34. The molecule has 0 aliphatic heterocycles. The fourth-order valence-electron chi connectivity index (χ4n) is 1.80.